The van der Waals surface area contributed by atoms with E-state index in [1.54, 1.807) is 24.8 Å². The molecule has 2 saturated heterocycles. The minimum absolute atomic E-state index is 0.0282. The van der Waals surface area contributed by atoms with E-state index in [0.717, 1.165) is 49.4 Å². The number of imidazole rings is 1. The number of carbonyl (C=O) groups excluding carboxylic acids is 1. The van der Waals surface area contributed by atoms with Gasteiger partial charge in [-0.1, -0.05) is 19.1 Å². The molecule has 3 aliphatic heterocycles. The Balaban J connectivity index is 1.17. The van der Waals surface area contributed by atoms with Crippen LogP contribution in [0.3, 0.4) is 0 Å². The topological polar surface area (TPSA) is 105 Å². The van der Waals surface area contributed by atoms with Crippen LogP contribution in [0.1, 0.15) is 53.9 Å². The molecule has 3 aliphatic rings. The second-order valence-electron chi connectivity index (χ2n) is 12.6. The summed E-state index contributed by atoms with van der Waals surface area (Å²) in [5, 5.41) is 4.92. The zero-order valence-electron chi connectivity index (χ0n) is 26.3. The highest BCUT2D eigenvalue weighted by Gasteiger charge is 2.52. The van der Waals surface area contributed by atoms with Crippen molar-refractivity contribution in [3.8, 4) is 11.1 Å². The van der Waals surface area contributed by atoms with Gasteiger partial charge < -0.3 is 15.2 Å². The number of aliphatic imine (C=N–C) groups is 1. The standard InChI is InChI=1S/C34H37F3N8OS/c1-3-43-15-22-16-45(18-34(22,37)17-43)23-8-6-21(7-9-23)24-13-25(31(35)36)26(28(38)20(24)2)14-40-30(32(46)42-33-39-10-12-47-33)29-27-5-4-11-44(27)19-41-29/h6-10,12-14,19,22,30-31H,3-5,11,15-18,38H2,1-2H3,(H,39,42,46). The fourth-order valence-corrected chi connectivity index (χ4v) is 7.78. The van der Waals surface area contributed by atoms with E-state index in [9.17, 15) is 13.6 Å². The van der Waals surface area contributed by atoms with Crippen LogP contribution in [-0.2, 0) is 17.8 Å². The first-order chi connectivity index (χ1) is 22.6. The molecule has 2 aromatic heterocycles. The number of aromatic nitrogens is 3. The maximum Gasteiger partial charge on any atom is 0.264 e. The Morgan fingerprint density at radius 2 is 2.04 bits per heavy atom. The quantitative estimate of drug-likeness (QED) is 0.167. The van der Waals surface area contributed by atoms with Crippen molar-refractivity contribution in [2.75, 3.05) is 48.7 Å². The summed E-state index contributed by atoms with van der Waals surface area (Å²) < 4.78 is 46.9. The lowest BCUT2D eigenvalue weighted by Gasteiger charge is -2.24. The Morgan fingerprint density at radius 1 is 1.23 bits per heavy atom. The Hall–Kier alpha value is -4.23. The first-order valence-electron chi connectivity index (χ1n) is 15.9. The first kappa shape index (κ1) is 31.4. The van der Waals surface area contributed by atoms with Gasteiger partial charge in [0.15, 0.2) is 11.2 Å². The van der Waals surface area contributed by atoms with E-state index >= 15 is 4.39 Å². The van der Waals surface area contributed by atoms with Crippen molar-refractivity contribution in [3.63, 3.8) is 0 Å². The number of hydrogen-bond donors (Lipinski definition) is 2. The first-order valence-corrected chi connectivity index (χ1v) is 16.8. The molecule has 47 heavy (non-hydrogen) atoms. The van der Waals surface area contributed by atoms with Crippen LogP contribution in [0.5, 0.6) is 0 Å². The van der Waals surface area contributed by atoms with E-state index < -0.39 is 24.0 Å². The summed E-state index contributed by atoms with van der Waals surface area (Å²) in [4.78, 5) is 30.8. The molecule has 7 rings (SSSR count). The van der Waals surface area contributed by atoms with E-state index in [1.807, 2.05) is 28.8 Å². The minimum Gasteiger partial charge on any atom is -0.398 e. The average Bonchev–Trinajstić information content (AvgIpc) is 3.88. The predicted molar refractivity (Wildman–Crippen MR) is 179 cm³/mol. The molecule has 1 amide bonds. The van der Waals surface area contributed by atoms with Crippen molar-refractivity contribution in [3.05, 3.63) is 76.3 Å². The molecule has 3 N–H and O–H groups in total. The summed E-state index contributed by atoms with van der Waals surface area (Å²) in [5.41, 5.74) is 9.49. The molecule has 0 aliphatic carbocycles. The summed E-state index contributed by atoms with van der Waals surface area (Å²) in [7, 11) is 0. The number of amides is 1. The molecule has 4 aromatic rings. The van der Waals surface area contributed by atoms with Gasteiger partial charge in [0, 0.05) is 78.1 Å². The van der Waals surface area contributed by atoms with E-state index in [0.29, 0.717) is 41.6 Å². The third-order valence-corrected chi connectivity index (χ3v) is 10.5. The maximum absolute atomic E-state index is 15.6. The molecule has 9 nitrogen and oxygen atoms in total. The van der Waals surface area contributed by atoms with Gasteiger partial charge in [0.25, 0.3) is 12.3 Å². The van der Waals surface area contributed by atoms with Gasteiger partial charge in [-0.25, -0.2) is 23.1 Å². The number of fused-ring (bicyclic) bond motifs is 2. The number of alkyl halides is 3. The normalized spacial score (nSPS) is 21.6. The molecule has 2 aromatic carbocycles. The predicted octanol–water partition coefficient (Wildman–Crippen LogP) is 6.06. The number of likely N-dealkylation sites (tertiary alicyclic amines) is 1. The molecule has 0 bridgehead atoms. The van der Waals surface area contributed by atoms with E-state index in [-0.39, 0.29) is 22.7 Å². The van der Waals surface area contributed by atoms with Crippen molar-refractivity contribution >= 4 is 40.0 Å². The second kappa shape index (κ2) is 12.4. The van der Waals surface area contributed by atoms with Crippen molar-refractivity contribution in [1.82, 2.24) is 19.4 Å². The van der Waals surface area contributed by atoms with Crippen LogP contribution in [0.15, 0.2) is 53.2 Å². The summed E-state index contributed by atoms with van der Waals surface area (Å²) >= 11 is 1.27. The molecule has 0 radical (unpaired) electrons. The largest absolute Gasteiger partial charge is 0.398 e. The van der Waals surface area contributed by atoms with Crippen LogP contribution in [0.2, 0.25) is 0 Å². The van der Waals surface area contributed by atoms with Crippen molar-refractivity contribution in [1.29, 1.82) is 0 Å². The van der Waals surface area contributed by atoms with Gasteiger partial charge in [-0.15, -0.1) is 11.3 Å². The van der Waals surface area contributed by atoms with Gasteiger partial charge in [-0.3, -0.25) is 20.0 Å². The summed E-state index contributed by atoms with van der Waals surface area (Å²) in [6.45, 7) is 7.68. The van der Waals surface area contributed by atoms with Gasteiger partial charge in [-0.2, -0.15) is 0 Å². The summed E-state index contributed by atoms with van der Waals surface area (Å²) in [6, 6.07) is 7.94. The number of aryl methyl sites for hydroxylation is 1. The van der Waals surface area contributed by atoms with Crippen molar-refractivity contribution in [2.24, 2.45) is 10.9 Å². The number of halogens is 3. The van der Waals surface area contributed by atoms with Crippen molar-refractivity contribution < 1.29 is 18.0 Å². The third-order valence-electron chi connectivity index (χ3n) is 9.84. The Bertz CT molecular complexity index is 1810. The fourth-order valence-electron chi connectivity index (χ4n) is 7.25. The summed E-state index contributed by atoms with van der Waals surface area (Å²) in [5.74, 6) is -0.488. The number of thiazole rings is 1. The molecule has 3 atom stereocenters. The number of nitrogens with zero attached hydrogens (tertiary/aromatic N) is 6. The molecule has 0 saturated carbocycles. The molecule has 3 unspecified atom stereocenters. The highest BCUT2D eigenvalue weighted by molar-refractivity contribution is 7.13. The summed E-state index contributed by atoms with van der Waals surface area (Å²) in [6.07, 6.45) is 3.37. The number of benzene rings is 2. The van der Waals surface area contributed by atoms with Gasteiger partial charge in [-0.05, 0) is 61.2 Å². The molecular formula is C34H37F3N8OS. The van der Waals surface area contributed by atoms with Crippen molar-refractivity contribution in [2.45, 2.75) is 51.4 Å². The Kier molecular flexibility index (Phi) is 8.29. The zero-order valence-corrected chi connectivity index (χ0v) is 27.1. The molecule has 246 valence electrons. The molecule has 5 heterocycles. The maximum atomic E-state index is 15.6. The molecule has 2 fully saturated rings. The lowest BCUT2D eigenvalue weighted by Crippen LogP contribution is -2.36. The molecule has 13 heteroatoms. The lowest BCUT2D eigenvalue weighted by atomic mass is 9.92. The molecule has 0 spiro atoms. The molecular weight excluding hydrogens is 625 g/mol. The van der Waals surface area contributed by atoms with Crippen LogP contribution in [0, 0.1) is 12.8 Å². The van der Waals surface area contributed by atoms with Crippen LogP contribution in [-0.4, -0.2) is 69.9 Å². The minimum atomic E-state index is -2.84. The van der Waals surface area contributed by atoms with Crippen LogP contribution >= 0.6 is 11.3 Å². The van der Waals surface area contributed by atoms with Gasteiger partial charge in [0.05, 0.1) is 18.6 Å². The smallest absolute Gasteiger partial charge is 0.264 e. The van der Waals surface area contributed by atoms with E-state index in [4.69, 9.17) is 5.73 Å². The van der Waals surface area contributed by atoms with Crippen LogP contribution in [0.25, 0.3) is 11.1 Å². The van der Waals surface area contributed by atoms with Gasteiger partial charge in [0.2, 0.25) is 0 Å². The van der Waals surface area contributed by atoms with Crippen LogP contribution < -0.4 is 16.0 Å². The highest BCUT2D eigenvalue weighted by Crippen LogP contribution is 2.41. The number of rotatable bonds is 9. The lowest BCUT2D eigenvalue weighted by molar-refractivity contribution is -0.117. The Morgan fingerprint density at radius 3 is 2.74 bits per heavy atom. The number of nitrogen functional groups attached to an aromatic ring is 1. The van der Waals surface area contributed by atoms with Gasteiger partial charge >= 0.3 is 0 Å². The number of carbonyl (C=O) groups is 1. The number of nitrogens with two attached hydrogens (primary N) is 1. The van der Waals surface area contributed by atoms with Gasteiger partial charge in [0.1, 0.15) is 5.67 Å². The van der Waals surface area contributed by atoms with Crippen LogP contribution in [0.4, 0.5) is 29.7 Å². The van der Waals surface area contributed by atoms with E-state index in [1.165, 1.54) is 23.6 Å². The monoisotopic (exact) mass is 662 g/mol. The highest BCUT2D eigenvalue weighted by atomic mass is 32.1. The zero-order chi connectivity index (χ0) is 32.9. The number of nitrogens with one attached hydrogen (secondary N) is 1. The Labute approximate surface area is 275 Å². The SMILES string of the molecule is CCN1CC2CN(c3ccc(-c4cc(C(F)F)c(C=NC(C(=O)Nc5nccs5)c5ncn6c5CCC6)c(N)c4C)cc3)CC2(F)C1. The number of anilines is 3. The number of hydrogen-bond acceptors (Lipinski definition) is 8. The fraction of sp³-hybridized carbons (Fsp3) is 0.412. The average molecular weight is 663 g/mol. The second-order valence-corrected chi connectivity index (χ2v) is 13.5. The third kappa shape index (κ3) is 5.80. The van der Waals surface area contributed by atoms with E-state index in [2.05, 4.69) is 37.0 Å².